The van der Waals surface area contributed by atoms with Gasteiger partial charge >= 0.3 is 5.97 Å². The van der Waals surface area contributed by atoms with Gasteiger partial charge in [0.05, 0.1) is 0 Å². The Morgan fingerprint density at radius 2 is 1.67 bits per heavy atom. The van der Waals surface area contributed by atoms with Crippen molar-refractivity contribution in [2.75, 3.05) is 0 Å². The minimum atomic E-state index is -0.655. The predicted molar refractivity (Wildman–Crippen MR) is 58.4 cm³/mol. The molecule has 0 bridgehead atoms. The summed E-state index contributed by atoms with van der Waals surface area (Å²) in [5.41, 5.74) is 5.39. The van der Waals surface area contributed by atoms with Crippen LogP contribution in [0.2, 0.25) is 0 Å². The number of nitrogens with two attached hydrogens (primary N) is 1. The van der Waals surface area contributed by atoms with Gasteiger partial charge in [0.1, 0.15) is 11.6 Å². The lowest BCUT2D eigenvalue weighted by Gasteiger charge is -2.27. The molecule has 0 spiro atoms. The normalized spacial score (nSPS) is 26.5. The molecule has 2 fully saturated rings. The van der Waals surface area contributed by atoms with Crippen LogP contribution >= 0.6 is 0 Å². The predicted octanol–water partition coefficient (Wildman–Crippen LogP) is 2.13. The Morgan fingerprint density at radius 1 is 1.07 bits per heavy atom. The first kappa shape index (κ1) is 10.9. The summed E-state index contributed by atoms with van der Waals surface area (Å²) >= 11 is 0. The fourth-order valence-corrected chi connectivity index (χ4v) is 2.66. The third-order valence-electron chi connectivity index (χ3n) is 3.73. The number of esters is 1. The Bertz CT molecular complexity index is 228. The number of hydrogen-bond donors (Lipinski definition) is 1. The van der Waals surface area contributed by atoms with E-state index in [9.17, 15) is 4.79 Å². The van der Waals surface area contributed by atoms with Gasteiger partial charge in [-0.1, -0.05) is 19.3 Å². The quantitative estimate of drug-likeness (QED) is 0.712. The molecule has 3 nitrogen and oxygen atoms in total. The van der Waals surface area contributed by atoms with E-state index in [0.717, 1.165) is 38.5 Å². The van der Waals surface area contributed by atoms with E-state index in [2.05, 4.69) is 0 Å². The fraction of sp³-hybridized carbons (Fsp3) is 0.917. The lowest BCUT2D eigenvalue weighted by atomic mass is 9.96. The molecule has 86 valence electrons. The SMILES string of the molecule is NC1(C(=O)OC2CCCCC2)CCCC1. The standard InChI is InChI=1S/C12H21NO2/c13-12(8-4-5-9-12)11(14)15-10-6-2-1-3-7-10/h10H,1-9,13H2. The molecule has 0 atom stereocenters. The van der Waals surface area contributed by atoms with Crippen LogP contribution in [0.15, 0.2) is 0 Å². The minimum absolute atomic E-state index is 0.146. The molecule has 0 radical (unpaired) electrons. The van der Waals surface area contributed by atoms with Crippen LogP contribution in [-0.2, 0) is 9.53 Å². The second-order valence-electron chi connectivity index (χ2n) is 5.03. The summed E-state index contributed by atoms with van der Waals surface area (Å²) in [5, 5.41) is 0. The van der Waals surface area contributed by atoms with Crippen molar-refractivity contribution >= 4 is 5.97 Å². The molecule has 2 saturated carbocycles. The molecule has 15 heavy (non-hydrogen) atoms. The maximum Gasteiger partial charge on any atom is 0.326 e. The Labute approximate surface area is 91.4 Å². The van der Waals surface area contributed by atoms with Crippen molar-refractivity contribution < 1.29 is 9.53 Å². The summed E-state index contributed by atoms with van der Waals surface area (Å²) in [5.74, 6) is -0.146. The van der Waals surface area contributed by atoms with E-state index < -0.39 is 5.54 Å². The third-order valence-corrected chi connectivity index (χ3v) is 3.73. The summed E-state index contributed by atoms with van der Waals surface area (Å²) < 4.78 is 5.51. The molecule has 0 heterocycles. The summed E-state index contributed by atoms with van der Waals surface area (Å²) in [4.78, 5) is 11.9. The molecule has 0 aromatic heterocycles. The molecule has 2 aliphatic carbocycles. The third kappa shape index (κ3) is 2.51. The van der Waals surface area contributed by atoms with Gasteiger partial charge in [-0.05, 0) is 38.5 Å². The topological polar surface area (TPSA) is 52.3 Å². The van der Waals surface area contributed by atoms with Gasteiger partial charge in [0.25, 0.3) is 0 Å². The smallest absolute Gasteiger partial charge is 0.326 e. The van der Waals surface area contributed by atoms with Crippen LogP contribution in [0.5, 0.6) is 0 Å². The van der Waals surface area contributed by atoms with Gasteiger partial charge in [-0.15, -0.1) is 0 Å². The van der Waals surface area contributed by atoms with Crippen LogP contribution in [0.1, 0.15) is 57.8 Å². The first-order valence-corrected chi connectivity index (χ1v) is 6.21. The molecule has 0 saturated heterocycles. The summed E-state index contributed by atoms with van der Waals surface area (Å²) in [6.45, 7) is 0. The average Bonchev–Trinajstić information content (AvgIpc) is 2.68. The monoisotopic (exact) mass is 211 g/mol. The molecule has 0 aliphatic heterocycles. The van der Waals surface area contributed by atoms with Gasteiger partial charge in [0, 0.05) is 0 Å². The zero-order chi connectivity index (χ0) is 10.7. The van der Waals surface area contributed by atoms with E-state index in [1.807, 2.05) is 0 Å². The van der Waals surface area contributed by atoms with Crippen LogP contribution in [0.3, 0.4) is 0 Å². The molecular formula is C12H21NO2. The highest BCUT2D eigenvalue weighted by atomic mass is 16.5. The minimum Gasteiger partial charge on any atom is -0.461 e. The van der Waals surface area contributed by atoms with E-state index in [-0.39, 0.29) is 12.1 Å². The summed E-state index contributed by atoms with van der Waals surface area (Å²) in [6, 6.07) is 0. The number of hydrogen-bond acceptors (Lipinski definition) is 3. The Kier molecular flexibility index (Phi) is 3.29. The average molecular weight is 211 g/mol. The van der Waals surface area contributed by atoms with Gasteiger partial charge in [0.2, 0.25) is 0 Å². The molecule has 2 N–H and O–H groups in total. The van der Waals surface area contributed by atoms with Gasteiger partial charge in [-0.3, -0.25) is 4.79 Å². The van der Waals surface area contributed by atoms with E-state index in [1.165, 1.54) is 19.3 Å². The Morgan fingerprint density at radius 3 is 2.27 bits per heavy atom. The Hall–Kier alpha value is -0.570. The van der Waals surface area contributed by atoms with E-state index in [1.54, 1.807) is 0 Å². The molecule has 2 aliphatic rings. The van der Waals surface area contributed by atoms with Gasteiger partial charge in [-0.2, -0.15) is 0 Å². The van der Waals surface area contributed by atoms with Crippen LogP contribution in [0.25, 0.3) is 0 Å². The van der Waals surface area contributed by atoms with Crippen molar-refractivity contribution in [3.63, 3.8) is 0 Å². The highest BCUT2D eigenvalue weighted by molar-refractivity contribution is 5.81. The molecule has 0 aromatic rings. The van der Waals surface area contributed by atoms with Crippen molar-refractivity contribution in [3.05, 3.63) is 0 Å². The lowest BCUT2D eigenvalue weighted by molar-refractivity contribution is -0.157. The molecule has 0 aromatic carbocycles. The van der Waals surface area contributed by atoms with Crippen molar-refractivity contribution in [1.29, 1.82) is 0 Å². The fourth-order valence-electron chi connectivity index (χ4n) is 2.66. The van der Waals surface area contributed by atoms with Crippen LogP contribution in [0.4, 0.5) is 0 Å². The number of carbonyl (C=O) groups is 1. The van der Waals surface area contributed by atoms with Crippen LogP contribution in [0, 0.1) is 0 Å². The number of carbonyl (C=O) groups excluding carboxylic acids is 1. The second-order valence-corrected chi connectivity index (χ2v) is 5.03. The largest absolute Gasteiger partial charge is 0.461 e. The molecular weight excluding hydrogens is 190 g/mol. The maximum atomic E-state index is 11.9. The van der Waals surface area contributed by atoms with Gasteiger partial charge < -0.3 is 10.5 Å². The van der Waals surface area contributed by atoms with E-state index in [4.69, 9.17) is 10.5 Å². The van der Waals surface area contributed by atoms with E-state index in [0.29, 0.717) is 0 Å². The summed E-state index contributed by atoms with van der Waals surface area (Å²) in [7, 11) is 0. The highest BCUT2D eigenvalue weighted by Crippen LogP contribution is 2.30. The maximum absolute atomic E-state index is 11.9. The molecule has 2 rings (SSSR count). The van der Waals surface area contributed by atoms with Crippen molar-refractivity contribution in [3.8, 4) is 0 Å². The molecule has 0 amide bonds. The number of rotatable bonds is 2. The Balaban J connectivity index is 1.85. The molecule has 0 unspecified atom stereocenters. The first-order valence-electron chi connectivity index (χ1n) is 6.21. The van der Waals surface area contributed by atoms with Crippen LogP contribution in [-0.4, -0.2) is 17.6 Å². The van der Waals surface area contributed by atoms with Crippen molar-refractivity contribution in [2.45, 2.75) is 69.4 Å². The highest BCUT2D eigenvalue weighted by Gasteiger charge is 2.39. The van der Waals surface area contributed by atoms with Crippen molar-refractivity contribution in [2.24, 2.45) is 5.73 Å². The lowest BCUT2D eigenvalue weighted by Crippen LogP contribution is -2.47. The number of ether oxygens (including phenoxy) is 1. The van der Waals surface area contributed by atoms with Gasteiger partial charge in [0.15, 0.2) is 0 Å². The van der Waals surface area contributed by atoms with Crippen LogP contribution < -0.4 is 5.73 Å². The van der Waals surface area contributed by atoms with Crippen molar-refractivity contribution in [1.82, 2.24) is 0 Å². The summed E-state index contributed by atoms with van der Waals surface area (Å²) in [6.07, 6.45) is 9.60. The van der Waals surface area contributed by atoms with Gasteiger partial charge in [-0.25, -0.2) is 0 Å². The molecule has 3 heteroatoms. The first-order chi connectivity index (χ1) is 7.21. The second kappa shape index (κ2) is 4.52. The zero-order valence-electron chi connectivity index (χ0n) is 9.34. The van der Waals surface area contributed by atoms with E-state index >= 15 is 0 Å². The zero-order valence-corrected chi connectivity index (χ0v) is 9.34.